The third-order valence-electron chi connectivity index (χ3n) is 3.19. The summed E-state index contributed by atoms with van der Waals surface area (Å²) >= 11 is 3.56. The van der Waals surface area contributed by atoms with E-state index >= 15 is 0 Å². The second-order valence-corrected chi connectivity index (χ2v) is 6.31. The normalized spacial score (nSPS) is 21.2. The van der Waals surface area contributed by atoms with Crippen molar-refractivity contribution in [3.05, 3.63) is 33.8 Å². The molecule has 0 saturated heterocycles. The molecule has 15 heavy (non-hydrogen) atoms. The van der Waals surface area contributed by atoms with Crippen LogP contribution in [0.1, 0.15) is 37.8 Å². The first-order valence-corrected chi connectivity index (χ1v) is 6.27. The molecule has 0 radical (unpaired) electrons. The molecule has 1 N–H and O–H groups in total. The number of halogens is 1. The van der Waals surface area contributed by atoms with Gasteiger partial charge in [0, 0.05) is 23.5 Å². The number of benzene rings is 1. The van der Waals surface area contributed by atoms with Crippen LogP contribution in [0.15, 0.2) is 22.7 Å². The summed E-state index contributed by atoms with van der Waals surface area (Å²) in [5.74, 6) is 0.610. The molecule has 1 nitrogen and oxygen atoms in total. The first kappa shape index (κ1) is 11.2. The molecular weight excluding hydrogens is 250 g/mol. The molecule has 1 aliphatic rings. The summed E-state index contributed by atoms with van der Waals surface area (Å²) in [6, 6.07) is 6.64. The van der Waals surface area contributed by atoms with Gasteiger partial charge in [0.1, 0.15) is 0 Å². The Labute approximate surface area is 100 Å². The molecule has 1 heterocycles. The van der Waals surface area contributed by atoms with E-state index in [0.717, 1.165) is 13.1 Å². The Morgan fingerprint density at radius 3 is 2.73 bits per heavy atom. The Hall–Kier alpha value is -0.340. The molecule has 0 saturated carbocycles. The van der Waals surface area contributed by atoms with Crippen molar-refractivity contribution in [1.29, 1.82) is 0 Å². The quantitative estimate of drug-likeness (QED) is 0.756. The van der Waals surface area contributed by atoms with E-state index in [1.165, 1.54) is 15.6 Å². The van der Waals surface area contributed by atoms with Crippen LogP contribution in [0.3, 0.4) is 0 Å². The molecule has 1 aliphatic heterocycles. The molecule has 0 spiro atoms. The minimum atomic E-state index is 0.322. The lowest BCUT2D eigenvalue weighted by Gasteiger charge is -2.36. The van der Waals surface area contributed by atoms with Gasteiger partial charge in [-0.3, -0.25) is 0 Å². The maximum atomic E-state index is 3.56. The van der Waals surface area contributed by atoms with Gasteiger partial charge in [-0.15, -0.1) is 0 Å². The lowest BCUT2D eigenvalue weighted by Crippen LogP contribution is -2.35. The molecule has 0 amide bonds. The van der Waals surface area contributed by atoms with Crippen molar-refractivity contribution in [2.45, 2.75) is 33.2 Å². The van der Waals surface area contributed by atoms with Gasteiger partial charge in [0.05, 0.1) is 0 Å². The Morgan fingerprint density at radius 2 is 2.07 bits per heavy atom. The van der Waals surface area contributed by atoms with Crippen LogP contribution >= 0.6 is 15.9 Å². The summed E-state index contributed by atoms with van der Waals surface area (Å²) in [6.07, 6.45) is 0. The zero-order valence-corrected chi connectivity index (χ0v) is 11.2. The van der Waals surface area contributed by atoms with Crippen LogP contribution in [0.4, 0.5) is 0 Å². The highest BCUT2D eigenvalue weighted by Gasteiger charge is 2.30. The van der Waals surface area contributed by atoms with Crippen LogP contribution in [-0.4, -0.2) is 6.54 Å². The van der Waals surface area contributed by atoms with Gasteiger partial charge in [-0.2, -0.15) is 0 Å². The third-order valence-corrected chi connectivity index (χ3v) is 3.69. The summed E-state index contributed by atoms with van der Waals surface area (Å²) < 4.78 is 1.19. The van der Waals surface area contributed by atoms with Gasteiger partial charge in [-0.1, -0.05) is 42.8 Å². The highest BCUT2D eigenvalue weighted by molar-refractivity contribution is 9.10. The maximum Gasteiger partial charge on any atom is 0.0208 e. The SMILES string of the molecule is CC(C)(C)C1CNCc2ccc(Br)cc21. The molecule has 0 bridgehead atoms. The van der Waals surface area contributed by atoms with Crippen LogP contribution in [0.2, 0.25) is 0 Å². The van der Waals surface area contributed by atoms with E-state index in [4.69, 9.17) is 0 Å². The molecular formula is C13H18BrN. The molecule has 1 atom stereocenters. The van der Waals surface area contributed by atoms with E-state index in [1.807, 2.05) is 0 Å². The predicted molar refractivity (Wildman–Crippen MR) is 68.0 cm³/mol. The molecule has 1 aromatic carbocycles. The number of fused-ring (bicyclic) bond motifs is 1. The number of hydrogen-bond donors (Lipinski definition) is 1. The van der Waals surface area contributed by atoms with Crippen LogP contribution in [0, 0.1) is 5.41 Å². The first-order chi connectivity index (χ1) is 6.98. The summed E-state index contributed by atoms with van der Waals surface area (Å²) in [7, 11) is 0. The van der Waals surface area contributed by atoms with E-state index < -0.39 is 0 Å². The van der Waals surface area contributed by atoms with Crippen LogP contribution < -0.4 is 5.32 Å². The monoisotopic (exact) mass is 267 g/mol. The fraction of sp³-hybridized carbons (Fsp3) is 0.538. The Balaban J connectivity index is 2.45. The van der Waals surface area contributed by atoms with Gasteiger partial charge < -0.3 is 5.32 Å². The molecule has 82 valence electrons. The number of rotatable bonds is 0. The van der Waals surface area contributed by atoms with Gasteiger partial charge in [0.25, 0.3) is 0 Å². The smallest absolute Gasteiger partial charge is 0.0208 e. The standard InChI is InChI=1S/C13H18BrN/c1-13(2,3)12-8-15-7-9-4-5-10(14)6-11(9)12/h4-6,12,15H,7-8H2,1-3H3. The molecule has 2 heteroatoms. The van der Waals surface area contributed by atoms with E-state index in [9.17, 15) is 0 Å². The molecule has 1 unspecified atom stereocenters. The van der Waals surface area contributed by atoms with Crippen molar-refractivity contribution < 1.29 is 0 Å². The minimum absolute atomic E-state index is 0.322. The Morgan fingerprint density at radius 1 is 1.33 bits per heavy atom. The zero-order valence-electron chi connectivity index (χ0n) is 9.60. The first-order valence-electron chi connectivity index (χ1n) is 5.47. The van der Waals surface area contributed by atoms with E-state index in [2.05, 4.69) is 60.2 Å². The fourth-order valence-corrected chi connectivity index (χ4v) is 2.66. The highest BCUT2D eigenvalue weighted by atomic mass is 79.9. The summed E-state index contributed by atoms with van der Waals surface area (Å²) in [4.78, 5) is 0. The number of hydrogen-bond acceptors (Lipinski definition) is 1. The molecule has 0 fully saturated rings. The average Bonchev–Trinajstić information content (AvgIpc) is 2.15. The minimum Gasteiger partial charge on any atom is -0.312 e. The fourth-order valence-electron chi connectivity index (χ4n) is 2.28. The van der Waals surface area contributed by atoms with Gasteiger partial charge >= 0.3 is 0 Å². The van der Waals surface area contributed by atoms with Crippen molar-refractivity contribution in [3.63, 3.8) is 0 Å². The second-order valence-electron chi connectivity index (χ2n) is 5.39. The van der Waals surface area contributed by atoms with E-state index in [0.29, 0.717) is 11.3 Å². The zero-order chi connectivity index (χ0) is 11.1. The Bertz CT molecular complexity index is 365. The predicted octanol–water partition coefficient (Wildman–Crippen LogP) is 3.68. The number of nitrogens with one attached hydrogen (secondary N) is 1. The van der Waals surface area contributed by atoms with E-state index in [-0.39, 0.29) is 0 Å². The molecule has 1 aromatic rings. The summed E-state index contributed by atoms with van der Waals surface area (Å²) in [5, 5.41) is 3.50. The lowest BCUT2D eigenvalue weighted by molar-refractivity contribution is 0.296. The van der Waals surface area contributed by atoms with E-state index in [1.54, 1.807) is 0 Å². The lowest BCUT2D eigenvalue weighted by atomic mass is 9.73. The highest BCUT2D eigenvalue weighted by Crippen LogP contribution is 2.39. The second kappa shape index (κ2) is 3.91. The van der Waals surface area contributed by atoms with Crippen LogP contribution in [0.25, 0.3) is 0 Å². The summed E-state index contributed by atoms with van der Waals surface area (Å²) in [5.41, 5.74) is 3.28. The van der Waals surface area contributed by atoms with Crippen molar-refractivity contribution in [2.75, 3.05) is 6.54 Å². The molecule has 2 rings (SSSR count). The van der Waals surface area contributed by atoms with Gasteiger partial charge in [0.15, 0.2) is 0 Å². The van der Waals surface area contributed by atoms with Gasteiger partial charge in [0.2, 0.25) is 0 Å². The Kier molecular flexibility index (Phi) is 2.91. The van der Waals surface area contributed by atoms with Gasteiger partial charge in [-0.05, 0) is 28.7 Å². The molecule has 0 aliphatic carbocycles. The van der Waals surface area contributed by atoms with Crippen LogP contribution in [-0.2, 0) is 6.54 Å². The van der Waals surface area contributed by atoms with Crippen molar-refractivity contribution in [1.82, 2.24) is 5.32 Å². The van der Waals surface area contributed by atoms with Crippen molar-refractivity contribution in [2.24, 2.45) is 5.41 Å². The van der Waals surface area contributed by atoms with Crippen molar-refractivity contribution in [3.8, 4) is 0 Å². The van der Waals surface area contributed by atoms with Crippen molar-refractivity contribution >= 4 is 15.9 Å². The maximum absolute atomic E-state index is 3.56. The third kappa shape index (κ3) is 2.26. The molecule has 0 aromatic heterocycles. The largest absolute Gasteiger partial charge is 0.312 e. The summed E-state index contributed by atoms with van der Waals surface area (Å²) in [6.45, 7) is 9.04. The van der Waals surface area contributed by atoms with Gasteiger partial charge in [-0.25, -0.2) is 0 Å². The topological polar surface area (TPSA) is 12.0 Å². The average molecular weight is 268 g/mol. The van der Waals surface area contributed by atoms with Crippen LogP contribution in [0.5, 0.6) is 0 Å².